The molecule has 20 heavy (non-hydrogen) atoms. The van der Waals surface area contributed by atoms with Crippen LogP contribution in [-0.2, 0) is 11.2 Å². The van der Waals surface area contributed by atoms with Crippen LogP contribution in [0.15, 0.2) is 22.9 Å². The Morgan fingerprint density at radius 2 is 2.25 bits per heavy atom. The second-order valence-electron chi connectivity index (χ2n) is 3.87. The lowest BCUT2D eigenvalue weighted by Crippen LogP contribution is -2.14. The first-order chi connectivity index (χ1) is 9.65. The van der Waals surface area contributed by atoms with Crippen molar-refractivity contribution < 1.29 is 18.8 Å². The molecule has 2 heterocycles. The highest BCUT2D eigenvalue weighted by Crippen LogP contribution is 2.29. The van der Waals surface area contributed by atoms with Gasteiger partial charge in [-0.05, 0) is 19.4 Å². The molecule has 0 atom stereocenters. The normalized spacial score (nSPS) is 10.3. The van der Waals surface area contributed by atoms with Gasteiger partial charge in [-0.3, -0.25) is 4.79 Å². The molecule has 0 unspecified atom stereocenters. The van der Waals surface area contributed by atoms with Crippen molar-refractivity contribution >= 4 is 28.2 Å². The van der Waals surface area contributed by atoms with E-state index in [1.807, 2.05) is 6.92 Å². The molecule has 1 N–H and O–H groups in total. The maximum absolute atomic E-state index is 11.9. The van der Waals surface area contributed by atoms with Crippen molar-refractivity contribution in [1.82, 2.24) is 5.16 Å². The Kier molecular flexibility index (Phi) is 4.52. The summed E-state index contributed by atoms with van der Waals surface area (Å²) in [7, 11) is 0. The van der Waals surface area contributed by atoms with Gasteiger partial charge in [-0.2, -0.15) is 0 Å². The molecule has 0 saturated carbocycles. The summed E-state index contributed by atoms with van der Waals surface area (Å²) in [5.74, 6) is -0.868. The molecule has 2 aromatic rings. The number of carbonyl (C=O) groups is 2. The lowest BCUT2D eigenvalue weighted by molar-refractivity contribution is 0.0528. The van der Waals surface area contributed by atoms with Crippen LogP contribution in [0.2, 0.25) is 0 Å². The standard InChI is InChI=1S/C13H14N2O4S/c1-3-8-7-9(13(17)18-4-2)12(20-8)14-11(16)10-5-6-19-15-10/h5-7H,3-4H2,1-2H3,(H,14,16). The molecule has 0 spiro atoms. The first kappa shape index (κ1) is 14.3. The van der Waals surface area contributed by atoms with Crippen molar-refractivity contribution in [3.8, 4) is 0 Å². The van der Waals surface area contributed by atoms with Crippen LogP contribution in [0.5, 0.6) is 0 Å². The summed E-state index contributed by atoms with van der Waals surface area (Å²) >= 11 is 1.35. The minimum absolute atomic E-state index is 0.159. The minimum Gasteiger partial charge on any atom is -0.462 e. The molecule has 0 radical (unpaired) electrons. The van der Waals surface area contributed by atoms with Gasteiger partial charge in [0.25, 0.3) is 5.91 Å². The van der Waals surface area contributed by atoms with E-state index >= 15 is 0 Å². The third kappa shape index (κ3) is 3.05. The number of hydrogen-bond donors (Lipinski definition) is 1. The van der Waals surface area contributed by atoms with Gasteiger partial charge in [0.15, 0.2) is 5.69 Å². The van der Waals surface area contributed by atoms with E-state index in [-0.39, 0.29) is 12.3 Å². The average molecular weight is 294 g/mol. The molecule has 0 bridgehead atoms. The number of amides is 1. The smallest absolute Gasteiger partial charge is 0.341 e. The first-order valence-corrected chi connectivity index (χ1v) is 6.98. The van der Waals surface area contributed by atoms with E-state index in [2.05, 4.69) is 15.0 Å². The van der Waals surface area contributed by atoms with Crippen LogP contribution in [0.4, 0.5) is 5.00 Å². The third-order valence-corrected chi connectivity index (χ3v) is 3.72. The van der Waals surface area contributed by atoms with Crippen LogP contribution in [0.3, 0.4) is 0 Å². The molecule has 2 aromatic heterocycles. The van der Waals surface area contributed by atoms with Gasteiger partial charge in [0, 0.05) is 10.9 Å². The minimum atomic E-state index is -0.445. The van der Waals surface area contributed by atoms with Gasteiger partial charge in [-0.1, -0.05) is 12.1 Å². The van der Waals surface area contributed by atoms with E-state index in [4.69, 9.17) is 4.74 Å². The number of aryl methyl sites for hydroxylation is 1. The van der Waals surface area contributed by atoms with E-state index < -0.39 is 11.9 Å². The summed E-state index contributed by atoms with van der Waals surface area (Å²) in [5, 5.41) is 6.68. The first-order valence-electron chi connectivity index (χ1n) is 6.17. The number of nitrogens with one attached hydrogen (secondary N) is 1. The van der Waals surface area contributed by atoms with Crippen molar-refractivity contribution in [3.05, 3.63) is 34.5 Å². The Bertz CT molecular complexity index is 604. The summed E-state index contributed by atoms with van der Waals surface area (Å²) in [6.07, 6.45) is 2.09. The van der Waals surface area contributed by atoms with Crippen LogP contribution in [0, 0.1) is 0 Å². The Balaban J connectivity index is 2.23. The van der Waals surface area contributed by atoms with Crippen molar-refractivity contribution in [1.29, 1.82) is 0 Å². The highest BCUT2D eigenvalue weighted by atomic mass is 32.1. The van der Waals surface area contributed by atoms with Crippen LogP contribution < -0.4 is 5.32 Å². The van der Waals surface area contributed by atoms with Gasteiger partial charge in [-0.15, -0.1) is 11.3 Å². The zero-order valence-corrected chi connectivity index (χ0v) is 12.0. The monoisotopic (exact) mass is 294 g/mol. The van der Waals surface area contributed by atoms with Gasteiger partial charge in [0.1, 0.15) is 11.3 Å². The van der Waals surface area contributed by atoms with E-state index in [1.54, 1.807) is 13.0 Å². The fraction of sp³-hybridized carbons (Fsp3) is 0.308. The molecule has 7 heteroatoms. The molecule has 1 amide bonds. The summed E-state index contributed by atoms with van der Waals surface area (Å²) in [4.78, 5) is 24.8. The summed E-state index contributed by atoms with van der Waals surface area (Å²) < 4.78 is 9.60. The van der Waals surface area contributed by atoms with E-state index in [1.165, 1.54) is 23.7 Å². The molecule has 0 aliphatic rings. The lowest BCUT2D eigenvalue weighted by Gasteiger charge is -2.04. The molecule has 0 saturated heterocycles. The fourth-order valence-electron chi connectivity index (χ4n) is 1.57. The molecule has 106 valence electrons. The number of esters is 1. The quantitative estimate of drug-likeness (QED) is 0.857. The zero-order chi connectivity index (χ0) is 14.5. The van der Waals surface area contributed by atoms with E-state index in [0.29, 0.717) is 10.6 Å². The number of thiophene rings is 1. The summed E-state index contributed by atoms with van der Waals surface area (Å²) in [6.45, 7) is 4.00. The van der Waals surface area contributed by atoms with Gasteiger partial charge in [0.2, 0.25) is 0 Å². The van der Waals surface area contributed by atoms with Crippen molar-refractivity contribution in [2.75, 3.05) is 11.9 Å². The van der Waals surface area contributed by atoms with Crippen LogP contribution in [-0.4, -0.2) is 23.6 Å². The molecule has 6 nitrogen and oxygen atoms in total. The Morgan fingerprint density at radius 1 is 1.45 bits per heavy atom. The van der Waals surface area contributed by atoms with Gasteiger partial charge < -0.3 is 14.6 Å². The van der Waals surface area contributed by atoms with Gasteiger partial charge in [-0.25, -0.2) is 4.79 Å². The molecule has 2 rings (SSSR count). The van der Waals surface area contributed by atoms with E-state index in [0.717, 1.165) is 11.3 Å². The maximum atomic E-state index is 11.9. The predicted molar refractivity (Wildman–Crippen MR) is 74.1 cm³/mol. The van der Waals surface area contributed by atoms with E-state index in [9.17, 15) is 9.59 Å². The number of carbonyl (C=O) groups excluding carboxylic acids is 2. The largest absolute Gasteiger partial charge is 0.462 e. The number of hydrogen-bond acceptors (Lipinski definition) is 6. The van der Waals surface area contributed by atoms with Crippen molar-refractivity contribution in [3.63, 3.8) is 0 Å². The lowest BCUT2D eigenvalue weighted by atomic mass is 10.2. The second kappa shape index (κ2) is 6.33. The highest BCUT2D eigenvalue weighted by Gasteiger charge is 2.20. The van der Waals surface area contributed by atoms with Crippen LogP contribution in [0.1, 0.15) is 39.6 Å². The number of nitrogens with zero attached hydrogens (tertiary/aromatic N) is 1. The molecule has 0 aromatic carbocycles. The SMILES string of the molecule is CCOC(=O)c1cc(CC)sc1NC(=O)c1ccon1. The number of rotatable bonds is 5. The third-order valence-electron chi connectivity index (χ3n) is 2.52. The zero-order valence-electron chi connectivity index (χ0n) is 11.1. The van der Waals surface area contributed by atoms with Gasteiger partial charge >= 0.3 is 5.97 Å². The Hall–Kier alpha value is -2.15. The number of anilines is 1. The molecule has 0 aliphatic carbocycles. The second-order valence-corrected chi connectivity index (χ2v) is 5.01. The Labute approximate surface area is 119 Å². The van der Waals surface area contributed by atoms with Crippen LogP contribution >= 0.6 is 11.3 Å². The van der Waals surface area contributed by atoms with Crippen molar-refractivity contribution in [2.24, 2.45) is 0 Å². The molecule has 0 fully saturated rings. The summed E-state index contributed by atoms with van der Waals surface area (Å²) in [6, 6.07) is 3.19. The molecule has 0 aliphatic heterocycles. The topological polar surface area (TPSA) is 81.4 Å². The van der Waals surface area contributed by atoms with Crippen molar-refractivity contribution in [2.45, 2.75) is 20.3 Å². The molecular weight excluding hydrogens is 280 g/mol. The Morgan fingerprint density at radius 3 is 2.85 bits per heavy atom. The number of aromatic nitrogens is 1. The number of ether oxygens (including phenoxy) is 1. The fourth-order valence-corrected chi connectivity index (χ4v) is 2.55. The van der Waals surface area contributed by atoms with Gasteiger partial charge in [0.05, 0.1) is 12.2 Å². The molecular formula is C13H14N2O4S. The highest BCUT2D eigenvalue weighted by molar-refractivity contribution is 7.16. The predicted octanol–water partition coefficient (Wildman–Crippen LogP) is 2.73. The maximum Gasteiger partial charge on any atom is 0.341 e. The van der Waals surface area contributed by atoms with Crippen LogP contribution in [0.25, 0.3) is 0 Å². The summed E-state index contributed by atoms with van der Waals surface area (Å²) in [5.41, 5.74) is 0.525. The average Bonchev–Trinajstić information content (AvgIpc) is 3.08.